The Balaban J connectivity index is 1.27. The van der Waals surface area contributed by atoms with Gasteiger partial charge < -0.3 is 10.2 Å². The van der Waals surface area contributed by atoms with Crippen LogP contribution in [-0.4, -0.2) is 21.4 Å². The molecule has 5 rings (SSSR count). The summed E-state index contributed by atoms with van der Waals surface area (Å²) in [7, 11) is 0. The monoisotopic (exact) mass is 444 g/mol. The largest absolute Gasteiger partial charge is 0.390 e. The van der Waals surface area contributed by atoms with Gasteiger partial charge in [-0.25, -0.2) is 0 Å². The van der Waals surface area contributed by atoms with E-state index in [1.165, 1.54) is 70.6 Å². The van der Waals surface area contributed by atoms with Crippen LogP contribution in [-0.2, 0) is 0 Å². The molecule has 0 aliphatic heterocycles. The average molecular weight is 445 g/mol. The molecule has 0 spiro atoms. The number of hydrogen-bond donors (Lipinski definition) is 2. The maximum atomic E-state index is 11.1. The van der Waals surface area contributed by atoms with Gasteiger partial charge in [0, 0.05) is 0 Å². The van der Waals surface area contributed by atoms with E-state index in [1.54, 1.807) is 0 Å². The van der Waals surface area contributed by atoms with Crippen LogP contribution in [0.15, 0.2) is 0 Å². The first-order valence-electron chi connectivity index (χ1n) is 14.5. The van der Waals surface area contributed by atoms with Crippen LogP contribution in [0.2, 0.25) is 0 Å². The lowest BCUT2D eigenvalue weighted by Gasteiger charge is -2.62. The van der Waals surface area contributed by atoms with E-state index >= 15 is 0 Å². The third-order valence-electron chi connectivity index (χ3n) is 12.6. The Morgan fingerprint density at radius 1 is 0.750 bits per heavy atom. The molecule has 0 aromatic rings. The molecular weight excluding hydrogens is 392 g/mol. The standard InChI is InChI=1S/C30H52O2/c1-21(12-17-30(32)14-6-5-7-15-30)24-10-11-25-23-9-8-22-20-27(2,31)18-19-28(22,3)26(23)13-16-29(24,25)4/h21-26,31-32H,5-20H2,1-4H3/t21-,22+,23+,24-,25+,26+,27+,28+,29-/m1/s1. The lowest BCUT2D eigenvalue weighted by molar-refractivity contribution is -0.148. The van der Waals surface area contributed by atoms with Gasteiger partial charge in [-0.2, -0.15) is 0 Å². The van der Waals surface area contributed by atoms with Gasteiger partial charge in [-0.3, -0.25) is 0 Å². The Morgan fingerprint density at radius 3 is 2.22 bits per heavy atom. The van der Waals surface area contributed by atoms with Crippen molar-refractivity contribution in [3.05, 3.63) is 0 Å². The molecule has 0 amide bonds. The van der Waals surface area contributed by atoms with Gasteiger partial charge in [0.1, 0.15) is 0 Å². The highest BCUT2D eigenvalue weighted by molar-refractivity contribution is 5.10. The first-order valence-corrected chi connectivity index (χ1v) is 14.5. The fourth-order valence-corrected chi connectivity index (χ4v) is 10.6. The Bertz CT molecular complexity index is 678. The summed E-state index contributed by atoms with van der Waals surface area (Å²) in [4.78, 5) is 0. The van der Waals surface area contributed by atoms with E-state index in [0.717, 1.165) is 67.6 Å². The van der Waals surface area contributed by atoms with Gasteiger partial charge in [-0.1, -0.05) is 40.0 Å². The van der Waals surface area contributed by atoms with Crippen molar-refractivity contribution in [3.63, 3.8) is 0 Å². The van der Waals surface area contributed by atoms with Crippen LogP contribution in [0.4, 0.5) is 0 Å². The molecule has 32 heavy (non-hydrogen) atoms. The topological polar surface area (TPSA) is 40.5 Å². The molecule has 5 aliphatic rings. The molecule has 5 fully saturated rings. The highest BCUT2D eigenvalue weighted by Crippen LogP contribution is 2.69. The van der Waals surface area contributed by atoms with Crippen molar-refractivity contribution in [1.82, 2.24) is 0 Å². The van der Waals surface area contributed by atoms with E-state index in [9.17, 15) is 10.2 Å². The molecule has 5 saturated carbocycles. The average Bonchev–Trinajstić information content (AvgIpc) is 3.10. The minimum Gasteiger partial charge on any atom is -0.390 e. The predicted molar refractivity (Wildman–Crippen MR) is 132 cm³/mol. The molecule has 2 heteroatoms. The molecule has 9 atom stereocenters. The normalized spacial score (nSPS) is 51.4. The maximum absolute atomic E-state index is 11.1. The van der Waals surface area contributed by atoms with Crippen molar-refractivity contribution in [2.75, 3.05) is 0 Å². The van der Waals surface area contributed by atoms with Crippen LogP contribution in [0.3, 0.4) is 0 Å². The zero-order valence-electron chi connectivity index (χ0n) is 21.7. The second-order valence-electron chi connectivity index (χ2n) is 14.4. The Labute approximate surface area is 198 Å². The molecule has 5 aliphatic carbocycles. The second-order valence-corrected chi connectivity index (χ2v) is 14.4. The fourth-order valence-electron chi connectivity index (χ4n) is 10.6. The Kier molecular flexibility index (Phi) is 6.10. The number of hydrogen-bond acceptors (Lipinski definition) is 2. The predicted octanol–water partition coefficient (Wildman–Crippen LogP) is 7.51. The van der Waals surface area contributed by atoms with Crippen LogP contribution in [0.25, 0.3) is 0 Å². The van der Waals surface area contributed by atoms with Crippen LogP contribution < -0.4 is 0 Å². The van der Waals surface area contributed by atoms with Gasteiger partial charge >= 0.3 is 0 Å². The van der Waals surface area contributed by atoms with Crippen molar-refractivity contribution < 1.29 is 10.2 Å². The molecular formula is C30H52O2. The van der Waals surface area contributed by atoms with Crippen LogP contribution >= 0.6 is 0 Å². The van der Waals surface area contributed by atoms with Crippen molar-refractivity contribution >= 4 is 0 Å². The Morgan fingerprint density at radius 2 is 1.47 bits per heavy atom. The van der Waals surface area contributed by atoms with Gasteiger partial charge in [0.05, 0.1) is 11.2 Å². The molecule has 184 valence electrons. The molecule has 0 heterocycles. The lowest BCUT2D eigenvalue weighted by atomic mass is 9.43. The van der Waals surface area contributed by atoms with E-state index in [-0.39, 0.29) is 5.60 Å². The van der Waals surface area contributed by atoms with E-state index in [0.29, 0.717) is 10.8 Å². The minimum absolute atomic E-state index is 0.349. The Hall–Kier alpha value is -0.0800. The third-order valence-corrected chi connectivity index (χ3v) is 12.6. The van der Waals surface area contributed by atoms with Gasteiger partial charge in [0.15, 0.2) is 0 Å². The zero-order chi connectivity index (χ0) is 22.8. The smallest absolute Gasteiger partial charge is 0.0648 e. The first kappa shape index (κ1) is 23.7. The number of fused-ring (bicyclic) bond motifs is 5. The summed E-state index contributed by atoms with van der Waals surface area (Å²) in [6.45, 7) is 9.91. The SMILES string of the molecule is C[C@H](CCC1(O)CCCCC1)[C@H]1CC[C@H]2[C@@H]3CC[C@H]4C[C@@](C)(O)CC[C@]4(C)[C@H]3CC[C@]12C. The quantitative estimate of drug-likeness (QED) is 0.471. The highest BCUT2D eigenvalue weighted by atomic mass is 16.3. The summed E-state index contributed by atoms with van der Waals surface area (Å²) in [6.07, 6.45) is 19.9. The highest BCUT2D eigenvalue weighted by Gasteiger charge is 2.61. The van der Waals surface area contributed by atoms with Crippen LogP contribution in [0.1, 0.15) is 130 Å². The lowest BCUT2D eigenvalue weighted by Crippen LogP contribution is -2.55. The second kappa shape index (κ2) is 8.25. The van der Waals surface area contributed by atoms with Gasteiger partial charge in [-0.15, -0.1) is 0 Å². The molecule has 0 aromatic carbocycles. The van der Waals surface area contributed by atoms with Gasteiger partial charge in [0.25, 0.3) is 0 Å². The summed E-state index contributed by atoms with van der Waals surface area (Å²) >= 11 is 0. The summed E-state index contributed by atoms with van der Waals surface area (Å²) in [6, 6.07) is 0. The van der Waals surface area contributed by atoms with Crippen LogP contribution in [0.5, 0.6) is 0 Å². The van der Waals surface area contributed by atoms with Crippen molar-refractivity contribution in [2.45, 2.75) is 142 Å². The van der Waals surface area contributed by atoms with Crippen LogP contribution in [0, 0.1) is 46.3 Å². The fraction of sp³-hybridized carbons (Fsp3) is 1.00. The summed E-state index contributed by atoms with van der Waals surface area (Å²) in [5.41, 5.74) is 0.230. The molecule has 2 nitrogen and oxygen atoms in total. The van der Waals surface area contributed by atoms with E-state index in [2.05, 4.69) is 27.7 Å². The van der Waals surface area contributed by atoms with Crippen molar-refractivity contribution in [1.29, 1.82) is 0 Å². The minimum atomic E-state index is -0.420. The van der Waals surface area contributed by atoms with Crippen molar-refractivity contribution in [3.8, 4) is 0 Å². The molecule has 0 unspecified atom stereocenters. The maximum Gasteiger partial charge on any atom is 0.0648 e. The molecule has 0 saturated heterocycles. The van der Waals surface area contributed by atoms with E-state index in [4.69, 9.17) is 0 Å². The van der Waals surface area contributed by atoms with E-state index < -0.39 is 5.60 Å². The summed E-state index contributed by atoms with van der Waals surface area (Å²) in [5.74, 6) is 5.10. The van der Waals surface area contributed by atoms with Crippen molar-refractivity contribution in [2.24, 2.45) is 46.3 Å². The molecule has 0 radical (unpaired) electrons. The van der Waals surface area contributed by atoms with Gasteiger partial charge in [0.2, 0.25) is 0 Å². The first-order chi connectivity index (χ1) is 15.1. The summed E-state index contributed by atoms with van der Waals surface area (Å²) in [5, 5.41) is 21.8. The zero-order valence-corrected chi connectivity index (χ0v) is 21.7. The number of rotatable bonds is 4. The van der Waals surface area contributed by atoms with E-state index in [1.807, 2.05) is 0 Å². The molecule has 0 aromatic heterocycles. The number of aliphatic hydroxyl groups is 2. The third kappa shape index (κ3) is 3.92. The van der Waals surface area contributed by atoms with Gasteiger partial charge in [-0.05, 0) is 137 Å². The summed E-state index contributed by atoms with van der Waals surface area (Å²) < 4.78 is 0. The molecule has 0 bridgehead atoms. The molecule has 2 N–H and O–H groups in total.